The summed E-state index contributed by atoms with van der Waals surface area (Å²) in [6.45, 7) is 0.598. The molecule has 0 saturated carbocycles. The van der Waals surface area contributed by atoms with Crippen molar-refractivity contribution in [1.29, 1.82) is 0 Å². The monoisotopic (exact) mass is 199 g/mol. The molecule has 0 N–H and O–H groups in total. The highest BCUT2D eigenvalue weighted by molar-refractivity contribution is 6.31. The Balaban J connectivity index is 2.41. The fraction of sp³-hybridized carbons (Fsp3) is 0.250. The molecule has 1 fully saturated rings. The molecule has 13 heavy (non-hydrogen) atoms. The van der Waals surface area contributed by atoms with Gasteiger partial charge in [-0.1, -0.05) is 11.6 Å². The van der Waals surface area contributed by atoms with Gasteiger partial charge in [-0.25, -0.2) is 0 Å². The Hall–Kier alpha value is -1.13. The second-order valence-electron chi connectivity index (χ2n) is 2.78. The lowest BCUT2D eigenvalue weighted by Crippen LogP contribution is -1.90. The fourth-order valence-electron chi connectivity index (χ4n) is 1.12. The van der Waals surface area contributed by atoms with Crippen molar-refractivity contribution in [2.24, 2.45) is 0 Å². The van der Waals surface area contributed by atoms with Gasteiger partial charge in [-0.2, -0.15) is 0 Å². The Bertz CT molecular complexity index is 362. The van der Waals surface area contributed by atoms with E-state index in [4.69, 9.17) is 16.3 Å². The highest BCUT2D eigenvalue weighted by Crippen LogP contribution is 2.36. The molecule has 0 aliphatic carbocycles. The number of nitro groups is 1. The van der Waals surface area contributed by atoms with Crippen LogP contribution in [0.15, 0.2) is 18.2 Å². The zero-order valence-corrected chi connectivity index (χ0v) is 7.32. The van der Waals surface area contributed by atoms with Crippen LogP contribution in [0.5, 0.6) is 0 Å². The quantitative estimate of drug-likeness (QED) is 0.417. The van der Waals surface area contributed by atoms with Crippen LogP contribution in [0.4, 0.5) is 5.69 Å². The minimum absolute atomic E-state index is 0.0487. The van der Waals surface area contributed by atoms with E-state index in [9.17, 15) is 10.1 Å². The summed E-state index contributed by atoms with van der Waals surface area (Å²) in [6.07, 6.45) is -0.0487. The van der Waals surface area contributed by atoms with Crippen molar-refractivity contribution in [3.63, 3.8) is 0 Å². The van der Waals surface area contributed by atoms with E-state index in [1.54, 1.807) is 0 Å². The van der Waals surface area contributed by atoms with E-state index >= 15 is 0 Å². The molecule has 4 nitrogen and oxygen atoms in total. The molecule has 1 saturated heterocycles. The van der Waals surface area contributed by atoms with Crippen LogP contribution in [0.1, 0.15) is 11.7 Å². The Morgan fingerprint density at radius 1 is 1.62 bits per heavy atom. The van der Waals surface area contributed by atoms with E-state index in [-0.39, 0.29) is 11.8 Å². The average Bonchev–Trinajstić information content (AvgIpc) is 2.87. The van der Waals surface area contributed by atoms with Gasteiger partial charge in [0.25, 0.3) is 5.69 Å². The van der Waals surface area contributed by atoms with Crippen LogP contribution >= 0.6 is 11.6 Å². The van der Waals surface area contributed by atoms with Gasteiger partial charge in [0, 0.05) is 22.7 Å². The molecule has 0 radical (unpaired) electrons. The van der Waals surface area contributed by atoms with Gasteiger partial charge in [0.1, 0.15) is 6.10 Å². The highest BCUT2D eigenvalue weighted by atomic mass is 35.5. The van der Waals surface area contributed by atoms with Crippen LogP contribution in [-0.2, 0) is 4.74 Å². The van der Waals surface area contributed by atoms with Crippen molar-refractivity contribution in [3.05, 3.63) is 38.9 Å². The van der Waals surface area contributed by atoms with Crippen LogP contribution in [0.3, 0.4) is 0 Å². The number of halogens is 1. The summed E-state index contributed by atoms with van der Waals surface area (Å²) in [6, 6.07) is 4.37. The van der Waals surface area contributed by atoms with Crippen molar-refractivity contribution < 1.29 is 9.66 Å². The normalized spacial score (nSPS) is 19.9. The predicted octanol–water partition coefficient (Wildman–Crippen LogP) is 2.32. The number of epoxide rings is 1. The lowest BCUT2D eigenvalue weighted by atomic mass is 10.1. The minimum Gasteiger partial charge on any atom is -0.368 e. The molecule has 1 aliphatic rings. The summed E-state index contributed by atoms with van der Waals surface area (Å²) in [5, 5.41) is 11.0. The van der Waals surface area contributed by atoms with E-state index in [1.165, 1.54) is 18.2 Å². The second-order valence-corrected chi connectivity index (χ2v) is 3.19. The zero-order valence-electron chi connectivity index (χ0n) is 6.57. The smallest absolute Gasteiger partial charge is 0.269 e. The van der Waals surface area contributed by atoms with Crippen LogP contribution in [0, 0.1) is 10.1 Å². The first-order chi connectivity index (χ1) is 6.18. The number of non-ortho nitro benzene ring substituents is 1. The molecule has 1 aromatic carbocycles. The Labute approximate surface area is 79.2 Å². The lowest BCUT2D eigenvalue weighted by Gasteiger charge is -1.98. The van der Waals surface area contributed by atoms with Gasteiger partial charge in [-0.3, -0.25) is 10.1 Å². The zero-order chi connectivity index (χ0) is 9.42. The van der Waals surface area contributed by atoms with Crippen LogP contribution in [0.25, 0.3) is 0 Å². The molecule has 0 aromatic heterocycles. The van der Waals surface area contributed by atoms with E-state index in [0.29, 0.717) is 17.2 Å². The standard InChI is InChI=1S/C8H6ClNO3/c9-7-2-1-5(10(11)12)3-6(7)8-4-13-8/h1-3,8H,4H2. The number of rotatable bonds is 2. The van der Waals surface area contributed by atoms with E-state index in [0.717, 1.165) is 0 Å². The molecule has 1 atom stereocenters. The maximum absolute atomic E-state index is 10.4. The Morgan fingerprint density at radius 3 is 2.85 bits per heavy atom. The maximum atomic E-state index is 10.4. The molecule has 1 unspecified atom stereocenters. The molecular formula is C8H6ClNO3. The fourth-order valence-corrected chi connectivity index (χ4v) is 1.36. The maximum Gasteiger partial charge on any atom is 0.269 e. The molecule has 1 heterocycles. The second kappa shape index (κ2) is 2.97. The van der Waals surface area contributed by atoms with Crippen LogP contribution in [-0.4, -0.2) is 11.5 Å². The summed E-state index contributed by atoms with van der Waals surface area (Å²) >= 11 is 5.83. The van der Waals surface area contributed by atoms with Gasteiger partial charge in [0.15, 0.2) is 0 Å². The van der Waals surface area contributed by atoms with Gasteiger partial charge < -0.3 is 4.74 Å². The SMILES string of the molecule is O=[N+]([O-])c1ccc(Cl)c(C2CO2)c1. The van der Waals surface area contributed by atoms with E-state index in [2.05, 4.69) is 0 Å². The number of hydrogen-bond donors (Lipinski definition) is 0. The summed E-state index contributed by atoms with van der Waals surface area (Å²) in [5.74, 6) is 0. The molecular weight excluding hydrogens is 194 g/mol. The third-order valence-electron chi connectivity index (χ3n) is 1.87. The number of ether oxygens (including phenoxy) is 1. The number of nitro benzene ring substituents is 1. The Morgan fingerprint density at radius 2 is 2.31 bits per heavy atom. The molecule has 5 heteroatoms. The third kappa shape index (κ3) is 1.64. The highest BCUT2D eigenvalue weighted by Gasteiger charge is 2.28. The van der Waals surface area contributed by atoms with Gasteiger partial charge >= 0.3 is 0 Å². The predicted molar refractivity (Wildman–Crippen MR) is 46.8 cm³/mol. The summed E-state index contributed by atoms with van der Waals surface area (Å²) in [5.41, 5.74) is 0.755. The first-order valence-electron chi connectivity index (χ1n) is 3.74. The van der Waals surface area contributed by atoms with Crippen molar-refractivity contribution in [2.45, 2.75) is 6.10 Å². The number of hydrogen-bond acceptors (Lipinski definition) is 3. The molecule has 0 amide bonds. The topological polar surface area (TPSA) is 55.7 Å². The van der Waals surface area contributed by atoms with E-state index < -0.39 is 4.92 Å². The van der Waals surface area contributed by atoms with Crippen LogP contribution in [0.2, 0.25) is 5.02 Å². The summed E-state index contributed by atoms with van der Waals surface area (Å²) in [4.78, 5) is 9.99. The van der Waals surface area contributed by atoms with Crippen LogP contribution < -0.4 is 0 Å². The first kappa shape index (κ1) is 8.47. The first-order valence-corrected chi connectivity index (χ1v) is 4.12. The molecule has 1 aromatic rings. The molecule has 0 spiro atoms. The van der Waals surface area contributed by atoms with Crippen molar-refractivity contribution >= 4 is 17.3 Å². The minimum atomic E-state index is -0.442. The third-order valence-corrected chi connectivity index (χ3v) is 2.21. The van der Waals surface area contributed by atoms with Crippen molar-refractivity contribution in [2.75, 3.05) is 6.61 Å². The summed E-state index contributed by atoms with van der Waals surface area (Å²) in [7, 11) is 0. The lowest BCUT2D eigenvalue weighted by molar-refractivity contribution is -0.384. The number of benzene rings is 1. The largest absolute Gasteiger partial charge is 0.368 e. The van der Waals surface area contributed by atoms with Crippen molar-refractivity contribution in [1.82, 2.24) is 0 Å². The molecule has 1 aliphatic heterocycles. The van der Waals surface area contributed by atoms with Gasteiger partial charge in [0.05, 0.1) is 11.5 Å². The van der Waals surface area contributed by atoms with Gasteiger partial charge in [-0.15, -0.1) is 0 Å². The van der Waals surface area contributed by atoms with Gasteiger partial charge in [0.2, 0.25) is 0 Å². The van der Waals surface area contributed by atoms with Gasteiger partial charge in [-0.05, 0) is 6.07 Å². The number of nitrogens with zero attached hydrogens (tertiary/aromatic N) is 1. The molecule has 0 bridgehead atoms. The average molecular weight is 200 g/mol. The Kier molecular flexibility index (Phi) is 1.94. The van der Waals surface area contributed by atoms with Crippen molar-refractivity contribution in [3.8, 4) is 0 Å². The summed E-state index contributed by atoms with van der Waals surface area (Å²) < 4.78 is 5.00. The molecule has 68 valence electrons. The molecule has 2 rings (SSSR count). The van der Waals surface area contributed by atoms with E-state index in [1.807, 2.05) is 0 Å².